The highest BCUT2D eigenvalue weighted by molar-refractivity contribution is 5.82. The van der Waals surface area contributed by atoms with Gasteiger partial charge in [0.25, 0.3) is 0 Å². The predicted molar refractivity (Wildman–Crippen MR) is 59.2 cm³/mol. The lowest BCUT2D eigenvalue weighted by atomic mass is 9.99. The molecule has 0 amide bonds. The molecule has 0 atom stereocenters. The predicted octanol–water partition coefficient (Wildman–Crippen LogP) is 3.22. The summed E-state index contributed by atoms with van der Waals surface area (Å²) < 4.78 is 0. The van der Waals surface area contributed by atoms with Crippen LogP contribution >= 0.6 is 0 Å². The van der Waals surface area contributed by atoms with Gasteiger partial charge in [0.15, 0.2) is 0 Å². The maximum atomic E-state index is 9.90. The van der Waals surface area contributed by atoms with Crippen LogP contribution < -0.4 is 5.32 Å². The van der Waals surface area contributed by atoms with Gasteiger partial charge in [0, 0.05) is 22.5 Å². The largest absolute Gasteiger partial charge is 0.507 e. The Kier molecular flexibility index (Phi) is 1.84. The van der Waals surface area contributed by atoms with Gasteiger partial charge in [-0.15, -0.1) is 0 Å². The van der Waals surface area contributed by atoms with Gasteiger partial charge >= 0.3 is 0 Å². The van der Waals surface area contributed by atoms with E-state index in [1.165, 1.54) is 0 Å². The van der Waals surface area contributed by atoms with E-state index >= 15 is 0 Å². The topological polar surface area (TPSA) is 32.3 Å². The Hall–Kier alpha value is -1.70. The van der Waals surface area contributed by atoms with E-state index in [1.807, 2.05) is 32.0 Å². The van der Waals surface area contributed by atoms with Crippen molar-refractivity contribution in [3.05, 3.63) is 47.2 Å². The molecule has 1 aliphatic rings. The molecule has 0 saturated carbocycles. The van der Waals surface area contributed by atoms with Crippen LogP contribution in [0.3, 0.4) is 0 Å². The van der Waals surface area contributed by atoms with Crippen molar-refractivity contribution in [3.8, 4) is 0 Å². The standard InChI is InChI=1S/C12H13NO/c1-7-4-5-11-10(6-7)12(14)8(2)9(3)13-11/h4-6,13-14H,3H2,1-2H3. The summed E-state index contributed by atoms with van der Waals surface area (Å²) in [5, 5.41) is 13.1. The van der Waals surface area contributed by atoms with Crippen molar-refractivity contribution in [3.63, 3.8) is 0 Å². The average Bonchev–Trinajstić information content (AvgIpc) is 2.16. The lowest BCUT2D eigenvalue weighted by molar-refractivity contribution is 0.506. The van der Waals surface area contributed by atoms with E-state index in [-0.39, 0.29) is 0 Å². The van der Waals surface area contributed by atoms with Crippen molar-refractivity contribution < 1.29 is 5.11 Å². The van der Waals surface area contributed by atoms with Gasteiger partial charge in [-0.25, -0.2) is 0 Å². The molecule has 0 fully saturated rings. The molecule has 2 nitrogen and oxygen atoms in total. The van der Waals surface area contributed by atoms with Crippen LogP contribution in [0, 0.1) is 6.92 Å². The first kappa shape index (κ1) is 8.88. The third kappa shape index (κ3) is 1.20. The first-order valence-electron chi connectivity index (χ1n) is 4.57. The van der Waals surface area contributed by atoms with Gasteiger partial charge < -0.3 is 10.4 Å². The lowest BCUT2D eigenvalue weighted by Gasteiger charge is -2.21. The fraction of sp³-hybridized carbons (Fsp3) is 0.167. The number of hydrogen-bond acceptors (Lipinski definition) is 2. The highest BCUT2D eigenvalue weighted by atomic mass is 16.3. The van der Waals surface area contributed by atoms with Gasteiger partial charge in [0.05, 0.1) is 0 Å². The van der Waals surface area contributed by atoms with Gasteiger partial charge in [-0.1, -0.05) is 18.2 Å². The van der Waals surface area contributed by atoms with Gasteiger partial charge in [0.1, 0.15) is 5.76 Å². The van der Waals surface area contributed by atoms with Crippen LogP contribution in [0.2, 0.25) is 0 Å². The molecular weight excluding hydrogens is 174 g/mol. The minimum atomic E-state index is 0.326. The van der Waals surface area contributed by atoms with Crippen molar-refractivity contribution >= 4 is 11.4 Å². The quantitative estimate of drug-likeness (QED) is 0.653. The van der Waals surface area contributed by atoms with Gasteiger partial charge in [-0.2, -0.15) is 0 Å². The third-order valence-corrected chi connectivity index (χ3v) is 2.52. The Labute approximate surface area is 83.6 Å². The number of rotatable bonds is 0. The number of aliphatic hydroxyl groups is 1. The summed E-state index contributed by atoms with van der Waals surface area (Å²) in [5.41, 5.74) is 4.48. The molecule has 2 N–H and O–H groups in total. The van der Waals surface area contributed by atoms with E-state index in [1.54, 1.807) is 0 Å². The third-order valence-electron chi connectivity index (χ3n) is 2.52. The monoisotopic (exact) mass is 187 g/mol. The summed E-state index contributed by atoms with van der Waals surface area (Å²) in [4.78, 5) is 0. The number of fused-ring (bicyclic) bond motifs is 1. The van der Waals surface area contributed by atoms with Crippen LogP contribution in [0.4, 0.5) is 5.69 Å². The second kappa shape index (κ2) is 2.91. The van der Waals surface area contributed by atoms with Crippen LogP contribution in [-0.4, -0.2) is 5.11 Å². The second-order valence-corrected chi connectivity index (χ2v) is 3.63. The molecule has 0 unspecified atom stereocenters. The Morgan fingerprint density at radius 2 is 2.00 bits per heavy atom. The molecule has 0 radical (unpaired) electrons. The summed E-state index contributed by atoms with van der Waals surface area (Å²) in [6.07, 6.45) is 0. The van der Waals surface area contributed by atoms with E-state index in [0.717, 1.165) is 28.1 Å². The zero-order chi connectivity index (χ0) is 10.3. The smallest absolute Gasteiger partial charge is 0.129 e. The maximum Gasteiger partial charge on any atom is 0.129 e. The van der Waals surface area contributed by atoms with Crippen LogP contribution in [0.15, 0.2) is 36.0 Å². The molecule has 14 heavy (non-hydrogen) atoms. The highest BCUT2D eigenvalue weighted by Gasteiger charge is 2.17. The van der Waals surface area contributed by atoms with Crippen molar-refractivity contribution in [1.29, 1.82) is 0 Å². The fourth-order valence-corrected chi connectivity index (χ4v) is 1.56. The van der Waals surface area contributed by atoms with E-state index in [0.29, 0.717) is 5.76 Å². The lowest BCUT2D eigenvalue weighted by Crippen LogP contribution is -2.09. The summed E-state index contributed by atoms with van der Waals surface area (Å²) in [6, 6.07) is 5.93. The second-order valence-electron chi connectivity index (χ2n) is 3.63. The zero-order valence-corrected chi connectivity index (χ0v) is 8.39. The molecule has 0 spiro atoms. The number of nitrogens with one attached hydrogen (secondary N) is 1. The Morgan fingerprint density at radius 3 is 2.71 bits per heavy atom. The van der Waals surface area contributed by atoms with Crippen molar-refractivity contribution in [2.24, 2.45) is 0 Å². The van der Waals surface area contributed by atoms with Gasteiger partial charge in [-0.05, 0) is 26.0 Å². The Balaban J connectivity index is 2.66. The number of anilines is 1. The zero-order valence-electron chi connectivity index (χ0n) is 8.39. The van der Waals surface area contributed by atoms with E-state index in [2.05, 4.69) is 11.9 Å². The van der Waals surface area contributed by atoms with Gasteiger partial charge in [0.2, 0.25) is 0 Å². The number of benzene rings is 1. The molecule has 2 rings (SSSR count). The van der Waals surface area contributed by atoms with E-state index in [4.69, 9.17) is 0 Å². The summed E-state index contributed by atoms with van der Waals surface area (Å²) >= 11 is 0. The Bertz CT molecular complexity index is 444. The summed E-state index contributed by atoms with van der Waals surface area (Å²) in [6.45, 7) is 7.70. The number of aryl methyl sites for hydroxylation is 1. The first-order chi connectivity index (χ1) is 6.59. The van der Waals surface area contributed by atoms with Crippen molar-refractivity contribution in [2.75, 3.05) is 5.32 Å². The molecule has 0 bridgehead atoms. The molecule has 2 heteroatoms. The fourth-order valence-electron chi connectivity index (χ4n) is 1.56. The molecule has 0 saturated heterocycles. The maximum absolute atomic E-state index is 9.90. The molecule has 1 aromatic carbocycles. The summed E-state index contributed by atoms with van der Waals surface area (Å²) in [7, 11) is 0. The molecule has 1 aromatic rings. The minimum absolute atomic E-state index is 0.326. The SMILES string of the molecule is C=C1Nc2ccc(C)cc2C(O)=C1C. The molecular formula is C12H13NO. The molecule has 0 aromatic heterocycles. The Morgan fingerprint density at radius 1 is 1.29 bits per heavy atom. The van der Waals surface area contributed by atoms with Crippen LogP contribution in [-0.2, 0) is 0 Å². The number of allylic oxidation sites excluding steroid dienone is 1. The van der Waals surface area contributed by atoms with Crippen LogP contribution in [0.1, 0.15) is 18.1 Å². The van der Waals surface area contributed by atoms with E-state index < -0.39 is 0 Å². The first-order valence-corrected chi connectivity index (χ1v) is 4.57. The van der Waals surface area contributed by atoms with Crippen LogP contribution in [0.25, 0.3) is 5.76 Å². The highest BCUT2D eigenvalue weighted by Crippen LogP contribution is 2.33. The number of hydrogen-bond donors (Lipinski definition) is 2. The van der Waals surface area contributed by atoms with Crippen LogP contribution in [0.5, 0.6) is 0 Å². The summed E-state index contributed by atoms with van der Waals surface area (Å²) in [5.74, 6) is 0.326. The minimum Gasteiger partial charge on any atom is -0.507 e. The van der Waals surface area contributed by atoms with E-state index in [9.17, 15) is 5.11 Å². The molecule has 0 aliphatic carbocycles. The average molecular weight is 187 g/mol. The molecule has 1 aliphatic heterocycles. The van der Waals surface area contributed by atoms with Gasteiger partial charge in [-0.3, -0.25) is 0 Å². The molecule has 1 heterocycles. The van der Waals surface area contributed by atoms with Crippen molar-refractivity contribution in [1.82, 2.24) is 0 Å². The van der Waals surface area contributed by atoms with Crippen molar-refractivity contribution in [2.45, 2.75) is 13.8 Å². The normalized spacial score (nSPS) is 15.1. The number of aliphatic hydroxyl groups excluding tert-OH is 1. The molecule has 72 valence electrons.